The van der Waals surface area contributed by atoms with Gasteiger partial charge in [-0.2, -0.15) is 25.3 Å². The van der Waals surface area contributed by atoms with Gasteiger partial charge >= 0.3 is 0 Å². The van der Waals surface area contributed by atoms with Crippen molar-refractivity contribution in [3.63, 3.8) is 0 Å². The van der Waals surface area contributed by atoms with Crippen molar-refractivity contribution in [2.24, 2.45) is 0 Å². The van der Waals surface area contributed by atoms with Crippen LogP contribution in [0.15, 0.2) is 68.3 Å². The van der Waals surface area contributed by atoms with E-state index in [9.17, 15) is 38.9 Å². The van der Waals surface area contributed by atoms with Crippen molar-refractivity contribution >= 4 is 112 Å². The molecule has 38 heavy (non-hydrogen) atoms. The number of allylic oxidation sites excluding steroid dienone is 5. The number of hydrogen-bond acceptors (Lipinski definition) is 9. The molecule has 194 valence electrons. The Bertz CT molecular complexity index is 1760. The monoisotopic (exact) mass is 601 g/mol. The molecule has 2 aromatic rings. The summed E-state index contributed by atoms with van der Waals surface area (Å²) in [5.74, 6) is 0. The van der Waals surface area contributed by atoms with E-state index in [1.54, 1.807) is 0 Å². The number of benzene rings is 2. The zero-order chi connectivity index (χ0) is 27.4. The summed E-state index contributed by atoms with van der Waals surface area (Å²) in [6.45, 7) is 2.84. The van der Waals surface area contributed by atoms with E-state index in [4.69, 9.17) is 16.9 Å². The minimum absolute atomic E-state index is 0. The van der Waals surface area contributed by atoms with Crippen LogP contribution in [-0.2, 0) is 30.4 Å². The minimum Gasteiger partial charge on any atom is -0.398 e. The topological polar surface area (TPSA) is 239 Å². The number of nitrogen functional groups attached to an aromatic ring is 2. The van der Waals surface area contributed by atoms with Crippen LogP contribution in [0, 0.1) is 12.3 Å². The van der Waals surface area contributed by atoms with Gasteiger partial charge in [-0.1, -0.05) is 6.07 Å². The summed E-state index contributed by atoms with van der Waals surface area (Å²) >= 11 is 0. The molecule has 0 saturated carbocycles. The maximum atomic E-state index is 12.0. The largest absolute Gasteiger partial charge is 0.398 e. The quantitative estimate of drug-likeness (QED) is 0.163. The van der Waals surface area contributed by atoms with E-state index in [0.29, 0.717) is 0 Å². The van der Waals surface area contributed by atoms with Gasteiger partial charge < -0.3 is 11.5 Å². The second kappa shape index (κ2) is 12.0. The first-order valence-electron chi connectivity index (χ1n) is 9.78. The molecule has 0 aliphatic heterocycles. The van der Waals surface area contributed by atoms with Gasteiger partial charge in [0, 0.05) is 59.1 Å². The van der Waals surface area contributed by atoms with Crippen molar-refractivity contribution in [2.75, 3.05) is 11.5 Å². The van der Waals surface area contributed by atoms with E-state index in [-0.39, 0.29) is 104 Å². The second-order valence-corrected chi connectivity index (χ2v) is 12.1. The molecule has 0 atom stereocenters. The first kappa shape index (κ1) is 34.7. The third-order valence-corrected chi connectivity index (χ3v) is 8.04. The van der Waals surface area contributed by atoms with E-state index in [1.807, 2.05) is 0 Å². The first-order valence-corrected chi connectivity index (χ1v) is 14.1. The van der Waals surface area contributed by atoms with Crippen LogP contribution in [0.1, 0.15) is 23.6 Å². The molecule has 8 N–H and O–H groups in total. The van der Waals surface area contributed by atoms with Crippen molar-refractivity contribution in [3.8, 4) is 0 Å². The summed E-state index contributed by atoms with van der Waals surface area (Å²) in [4.78, 5) is -2.10. The van der Waals surface area contributed by atoms with E-state index < -0.39 is 50.8 Å². The first-order chi connectivity index (χ1) is 16.3. The zero-order valence-electron chi connectivity index (χ0n) is 20.7. The summed E-state index contributed by atoms with van der Waals surface area (Å²) in [6.07, 6.45) is 2.30. The van der Waals surface area contributed by atoms with E-state index >= 15 is 0 Å². The molecule has 0 fully saturated rings. The van der Waals surface area contributed by atoms with Gasteiger partial charge in [0.15, 0.2) is 0 Å². The van der Waals surface area contributed by atoms with Crippen LogP contribution < -0.4 is 11.5 Å². The Morgan fingerprint density at radius 2 is 1.29 bits per heavy atom. The smallest absolute Gasteiger partial charge is 0.296 e. The van der Waals surface area contributed by atoms with Crippen molar-refractivity contribution in [2.45, 2.75) is 23.6 Å². The Labute approximate surface area is 264 Å². The van der Waals surface area contributed by atoms with Crippen LogP contribution in [0.5, 0.6) is 0 Å². The minimum atomic E-state index is -4.87. The van der Waals surface area contributed by atoms with Gasteiger partial charge in [0.25, 0.3) is 30.4 Å². The molecule has 0 saturated heterocycles. The van der Waals surface area contributed by atoms with Crippen LogP contribution >= 0.6 is 0 Å². The molecule has 17 heteroatoms. The van der Waals surface area contributed by atoms with E-state index in [2.05, 4.69) is 0 Å². The number of anilines is 2. The van der Waals surface area contributed by atoms with Crippen LogP contribution in [-0.4, -0.2) is 104 Å². The molecule has 12 nitrogen and oxygen atoms in total. The number of nitrogens with one attached hydrogen (secondary N) is 1. The normalized spacial score (nSPS) is 15.6. The average Bonchev–Trinajstić information content (AvgIpc) is 2.71. The Balaban J connectivity index is 0.00000361. The van der Waals surface area contributed by atoms with Crippen molar-refractivity contribution in [1.29, 1.82) is 5.41 Å². The Kier molecular flexibility index (Phi) is 11.0. The summed E-state index contributed by atoms with van der Waals surface area (Å²) in [6, 6.07) is 5.86. The number of rotatable bonds is 5. The van der Waals surface area contributed by atoms with E-state index in [1.165, 1.54) is 32.1 Å². The third-order valence-electron chi connectivity index (χ3n) is 5.36. The predicted octanol–water partition coefficient (Wildman–Crippen LogP) is 1.44. The van der Waals surface area contributed by atoms with Crippen LogP contribution in [0.25, 0.3) is 5.57 Å². The van der Waals surface area contributed by atoms with Crippen molar-refractivity contribution < 1.29 is 38.9 Å². The SMILES string of the molecule is CC1=CC(=C(c2ccc(N)c(S(=O)(=O)O)c2)c2cc(C)c(N)c(S(=O)(=O)O)c2)C=C(S(=O)(=O)O)C1=N.[Na].[Na]. The average molecular weight is 602 g/mol. The van der Waals surface area contributed by atoms with Gasteiger partial charge in [-0.25, -0.2) is 0 Å². The molecule has 0 amide bonds. The molecule has 1 aliphatic carbocycles. The van der Waals surface area contributed by atoms with Gasteiger partial charge in [0.1, 0.15) is 14.7 Å². The molecule has 0 aromatic heterocycles. The summed E-state index contributed by atoms with van der Waals surface area (Å²) in [5, 5.41) is 8.01. The van der Waals surface area contributed by atoms with E-state index in [0.717, 1.165) is 24.3 Å². The molecule has 2 aromatic carbocycles. The van der Waals surface area contributed by atoms with Gasteiger partial charge in [0.05, 0.1) is 17.1 Å². The zero-order valence-corrected chi connectivity index (χ0v) is 27.2. The van der Waals surface area contributed by atoms with Crippen LogP contribution in [0.3, 0.4) is 0 Å². The summed E-state index contributed by atoms with van der Waals surface area (Å²) < 4.78 is 100. The standard InChI is InChI=1S/C21H21N3O9S3.2Na/c1-10-5-13(8-17(20(10)23)35(28,29)30)19(12-3-4-15(22)16(7-12)34(25,26)27)14-6-11(2)21(24)18(9-14)36(31,32)33;;/h3-9,23H,22,24H2,1-2H3,(H,25,26,27)(H,28,29,30)(H,31,32,33);;. The van der Waals surface area contributed by atoms with Crippen LogP contribution in [0.2, 0.25) is 0 Å². The predicted molar refractivity (Wildman–Crippen MR) is 145 cm³/mol. The van der Waals surface area contributed by atoms with Crippen LogP contribution in [0.4, 0.5) is 11.4 Å². The van der Waals surface area contributed by atoms with Gasteiger partial charge in [-0.15, -0.1) is 0 Å². The van der Waals surface area contributed by atoms with Gasteiger partial charge in [-0.3, -0.25) is 19.1 Å². The molecular formula is C21H21N3Na2O9S3. The number of aryl methyl sites for hydroxylation is 1. The Hall–Kier alpha value is -1.34. The second-order valence-electron chi connectivity index (χ2n) is 7.92. The molecule has 0 bridgehead atoms. The molecule has 2 radical (unpaired) electrons. The summed E-state index contributed by atoms with van der Waals surface area (Å²) in [5.41, 5.74) is 10.9. The molecule has 0 unspecified atom stereocenters. The molecule has 0 spiro atoms. The molecule has 1 aliphatic rings. The summed E-state index contributed by atoms with van der Waals surface area (Å²) in [7, 11) is -14.5. The van der Waals surface area contributed by atoms with Crippen molar-refractivity contribution in [3.05, 3.63) is 75.2 Å². The molecule has 3 rings (SSSR count). The Morgan fingerprint density at radius 3 is 1.79 bits per heavy atom. The fourth-order valence-corrected chi connectivity index (χ4v) is 5.69. The number of nitrogens with two attached hydrogens (primary N) is 2. The van der Waals surface area contributed by atoms with Crippen molar-refractivity contribution in [1.82, 2.24) is 0 Å². The van der Waals surface area contributed by atoms with Gasteiger partial charge in [0.2, 0.25) is 0 Å². The maximum Gasteiger partial charge on any atom is 0.296 e. The van der Waals surface area contributed by atoms with Gasteiger partial charge in [-0.05, 0) is 83.7 Å². The molecule has 0 heterocycles. The third kappa shape index (κ3) is 7.24. The maximum absolute atomic E-state index is 12.0. The molecular weight excluding hydrogens is 580 g/mol. The fourth-order valence-electron chi connectivity index (χ4n) is 3.64. The Morgan fingerprint density at radius 1 is 0.763 bits per heavy atom. The fraction of sp³-hybridized carbons (Fsp3) is 0.0952. The number of hydrogen-bond donors (Lipinski definition) is 6.